The molecule has 10 atom stereocenters. The zero-order valence-electron chi connectivity index (χ0n) is 66.5. The highest BCUT2D eigenvalue weighted by Crippen LogP contribution is 2.67. The predicted molar refractivity (Wildman–Crippen MR) is 428 cm³/mol. The first-order valence-corrected chi connectivity index (χ1v) is 48.1. The van der Waals surface area contributed by atoms with Crippen molar-refractivity contribution in [3.63, 3.8) is 0 Å². The third kappa shape index (κ3) is 29.8. The number of hydrogen-bond donors (Lipinski definition) is 0. The summed E-state index contributed by atoms with van der Waals surface area (Å²) < 4.78 is 0. The molecule has 1 nitrogen and oxygen atoms in total. The summed E-state index contributed by atoms with van der Waals surface area (Å²) in [6, 6.07) is 0. The van der Waals surface area contributed by atoms with Crippen LogP contribution in [0.2, 0.25) is 0 Å². The summed E-state index contributed by atoms with van der Waals surface area (Å²) in [5.74, 6) is 21.8. The summed E-state index contributed by atoms with van der Waals surface area (Å²) in [4.78, 5) is 10.5. The van der Waals surface area contributed by atoms with Gasteiger partial charge >= 0.3 is 0 Å². The fraction of sp³-hybridized carbons (Fsp3) is 0.990. The van der Waals surface area contributed by atoms with E-state index in [0.29, 0.717) is 5.78 Å². The molecule has 0 saturated heterocycles. The molecule has 0 radical (unpaired) electrons. The van der Waals surface area contributed by atoms with Gasteiger partial charge in [0.1, 0.15) is 5.78 Å². The van der Waals surface area contributed by atoms with Crippen molar-refractivity contribution in [1.82, 2.24) is 0 Å². The minimum absolute atomic E-state index is 0.464. The molecule has 98 heavy (non-hydrogen) atoms. The van der Waals surface area contributed by atoms with Crippen molar-refractivity contribution >= 4 is 5.78 Å². The maximum absolute atomic E-state index is 10.5. The number of hydrogen-bond acceptors (Lipinski definition) is 1. The zero-order chi connectivity index (χ0) is 67.1. The van der Waals surface area contributed by atoms with Crippen molar-refractivity contribution < 1.29 is 4.79 Å². The molecular formula is C97H174O. The van der Waals surface area contributed by atoms with E-state index in [9.17, 15) is 4.79 Å². The molecule has 0 spiro atoms. The number of rotatable bonds is 0. The maximum Gasteiger partial charge on any atom is 0.132 e. The molecule has 0 aromatic rings. The molecule has 0 amide bonds. The van der Waals surface area contributed by atoms with Crippen LogP contribution in [-0.2, 0) is 4.79 Å². The second-order valence-electron chi connectivity index (χ2n) is 39.4. The monoisotopic (exact) mass is 1360 g/mol. The third-order valence-corrected chi connectivity index (χ3v) is 31.6. The van der Waals surface area contributed by atoms with Crippen molar-refractivity contribution in [1.29, 1.82) is 0 Å². The molecule has 0 heterocycles. The summed E-state index contributed by atoms with van der Waals surface area (Å²) in [6.07, 6.45) is 117. The summed E-state index contributed by atoms with van der Waals surface area (Å²) in [7, 11) is 0. The summed E-state index contributed by atoms with van der Waals surface area (Å²) in [5.41, 5.74) is 0. The topological polar surface area (TPSA) is 17.1 Å². The first kappa shape index (κ1) is 80.2. The van der Waals surface area contributed by atoms with Gasteiger partial charge in [-0.25, -0.2) is 0 Å². The summed E-state index contributed by atoms with van der Waals surface area (Å²) >= 11 is 0. The van der Waals surface area contributed by atoms with Gasteiger partial charge in [0.2, 0.25) is 0 Å². The number of Topliss-reactive ketones (excluding diaryl/α,β-unsaturated/α-hetero) is 1. The Labute approximate surface area is 614 Å². The van der Waals surface area contributed by atoms with Crippen molar-refractivity contribution in [3.05, 3.63) is 0 Å². The third-order valence-electron chi connectivity index (χ3n) is 31.6. The molecule has 22 aliphatic carbocycles. The van der Waals surface area contributed by atoms with Crippen LogP contribution in [0.3, 0.4) is 0 Å². The van der Waals surface area contributed by atoms with Gasteiger partial charge in [-0.2, -0.15) is 0 Å². The van der Waals surface area contributed by atoms with Crippen molar-refractivity contribution in [2.24, 2.45) is 107 Å². The van der Waals surface area contributed by atoms with Crippen LogP contribution in [0, 0.1) is 107 Å². The Balaban J connectivity index is 0.000000119. The van der Waals surface area contributed by atoms with Crippen LogP contribution in [-0.4, -0.2) is 5.78 Å². The minimum Gasteiger partial charge on any atom is -0.300 e. The van der Waals surface area contributed by atoms with Crippen molar-refractivity contribution in [2.75, 3.05) is 0 Å². The molecular weight excluding hydrogens is 1180 g/mol. The van der Waals surface area contributed by atoms with Gasteiger partial charge in [-0.15, -0.1) is 0 Å². The molecule has 0 aromatic carbocycles. The molecule has 568 valence electrons. The van der Waals surface area contributed by atoms with E-state index >= 15 is 0 Å². The highest BCUT2D eigenvalue weighted by atomic mass is 16.1. The van der Waals surface area contributed by atoms with Crippen LogP contribution in [0.1, 0.15) is 501 Å². The quantitative estimate of drug-likeness (QED) is 0.175. The SMILES string of the molecule is C1C2CC3CC1CC(C2)C3.C1CC1.C1CC2CC1C1C3CCC(C3)C21.C1CC2CCC1C2.C1CCC1.C1CCC2C(C1)CCC1C3CCCC3CCC21.C1CCCC1.C1CCCCC1.C1CCCCCC1.C1CCCCCCC1.C1CCCCCCCCCCC1.O=C1CCCCC1. The molecule has 10 bridgehead atoms. The average Bonchev–Trinajstić information content (AvgIpc) is 1.58. The van der Waals surface area contributed by atoms with E-state index in [4.69, 9.17) is 0 Å². The van der Waals surface area contributed by atoms with E-state index in [1.165, 1.54) is 390 Å². The lowest BCUT2D eigenvalue weighted by atomic mass is 9.54. The minimum atomic E-state index is 0.464. The second kappa shape index (κ2) is 48.8. The van der Waals surface area contributed by atoms with E-state index in [-0.39, 0.29) is 0 Å². The Hall–Kier alpha value is -0.330. The Kier molecular flexibility index (Phi) is 39.9. The largest absolute Gasteiger partial charge is 0.300 e. The van der Waals surface area contributed by atoms with Crippen molar-refractivity contribution in [3.8, 4) is 0 Å². The smallest absolute Gasteiger partial charge is 0.132 e. The van der Waals surface area contributed by atoms with Crippen LogP contribution in [0.4, 0.5) is 0 Å². The fourth-order valence-corrected chi connectivity index (χ4v) is 26.1. The van der Waals surface area contributed by atoms with Crippen LogP contribution < -0.4 is 0 Å². The van der Waals surface area contributed by atoms with Gasteiger partial charge < -0.3 is 0 Å². The van der Waals surface area contributed by atoms with E-state index in [1.807, 2.05) is 0 Å². The lowest BCUT2D eigenvalue weighted by molar-refractivity contribution is -0.120. The maximum atomic E-state index is 10.5. The van der Waals surface area contributed by atoms with Gasteiger partial charge in [-0.3, -0.25) is 4.79 Å². The van der Waals surface area contributed by atoms with Crippen molar-refractivity contribution in [2.45, 2.75) is 501 Å². The normalized spacial score (nSPS) is 39.3. The van der Waals surface area contributed by atoms with Crippen LogP contribution >= 0.6 is 0 Å². The molecule has 22 fully saturated rings. The number of ketones is 1. The van der Waals surface area contributed by atoms with Gasteiger partial charge in [-0.05, 0) is 241 Å². The van der Waals surface area contributed by atoms with E-state index in [1.54, 1.807) is 180 Å². The number of fused-ring (bicyclic) bond motifs is 16. The van der Waals surface area contributed by atoms with Gasteiger partial charge in [0, 0.05) is 12.8 Å². The van der Waals surface area contributed by atoms with Gasteiger partial charge in [0.05, 0.1) is 0 Å². The molecule has 0 aliphatic heterocycles. The standard InChI is InChI=1S/C17H28.C12H18.C12H24.C10H16.C8H16.C7H12.C7H14.C6H10O.C6H12.C5H10.C4H8.C3H6/c1-2-6-14-12(4-1)8-10-17-15-7-3-5-13(15)9-11-16(14)17;1-2-8-5-7(1)11-9-3-4-10(6-9)12(8)11;1-2-4-6-8-10-12-11-9-7-5-3-1;1-7-2-9-4-8(1)5-10(3-7)6-9;1-2-4-6-8-7-5-3-1;1-2-7-4-3-6(1)5-7;1-2-4-6-7-5-3-1;7-6-4-2-1-3-5-6;1-2-4-6-5-3-1;1-2-4-5-3-1;1-2-4-3-1;1-2-3-1/h12-17H,1-11H2;7-12H,1-6H2;1-12H2;7-10H,1-6H2;1-8H2;6-7H,1-5H2;1-7H2;1-5H2;1-6H2;1-5H2;1-4H2;1-3H2. The second-order valence-corrected chi connectivity index (χ2v) is 39.4. The molecule has 22 aliphatic rings. The van der Waals surface area contributed by atoms with Crippen LogP contribution in [0.15, 0.2) is 0 Å². The summed E-state index contributed by atoms with van der Waals surface area (Å²) in [5, 5.41) is 0. The predicted octanol–water partition coefficient (Wildman–Crippen LogP) is 32.2. The molecule has 22 saturated carbocycles. The first-order chi connectivity index (χ1) is 48.6. The Morgan fingerprint density at radius 1 is 0.143 bits per heavy atom. The van der Waals surface area contributed by atoms with Gasteiger partial charge in [0.25, 0.3) is 0 Å². The highest BCUT2D eigenvalue weighted by molar-refractivity contribution is 5.78. The molecule has 10 unspecified atom stereocenters. The fourth-order valence-electron chi connectivity index (χ4n) is 26.1. The highest BCUT2D eigenvalue weighted by Gasteiger charge is 2.59. The lowest BCUT2D eigenvalue weighted by Gasteiger charge is -2.51. The molecule has 1 heteroatoms. The zero-order valence-corrected chi connectivity index (χ0v) is 66.5. The van der Waals surface area contributed by atoms with Gasteiger partial charge in [0.15, 0.2) is 0 Å². The van der Waals surface area contributed by atoms with Gasteiger partial charge in [-0.1, -0.05) is 353 Å². The molecule has 0 aromatic heterocycles. The first-order valence-electron chi connectivity index (χ1n) is 48.1. The number of carbonyl (C=O) groups is 1. The lowest BCUT2D eigenvalue weighted by Crippen LogP contribution is -2.43. The molecule has 0 N–H and O–H groups in total. The Morgan fingerprint density at radius 3 is 0.571 bits per heavy atom. The van der Waals surface area contributed by atoms with Crippen LogP contribution in [0.25, 0.3) is 0 Å². The van der Waals surface area contributed by atoms with E-state index in [2.05, 4.69) is 0 Å². The summed E-state index contributed by atoms with van der Waals surface area (Å²) in [6.45, 7) is 0. The molecule has 22 rings (SSSR count). The van der Waals surface area contributed by atoms with E-state index < -0.39 is 0 Å². The Morgan fingerprint density at radius 2 is 0.347 bits per heavy atom. The van der Waals surface area contributed by atoms with Crippen LogP contribution in [0.5, 0.6) is 0 Å². The number of carbonyl (C=O) groups excluding carboxylic acids is 1. The Bertz CT molecular complexity index is 1710. The van der Waals surface area contributed by atoms with E-state index in [0.717, 1.165) is 37.5 Å². The average molecular weight is 1360 g/mol.